The maximum Gasteiger partial charge on any atom is 0.255 e. The van der Waals surface area contributed by atoms with Crippen LogP contribution < -0.4 is 0 Å². The summed E-state index contributed by atoms with van der Waals surface area (Å²) >= 11 is 0. The van der Waals surface area contributed by atoms with Crippen molar-refractivity contribution in [2.24, 2.45) is 0 Å². The lowest BCUT2D eigenvalue weighted by Gasteiger charge is -2.50. The van der Waals surface area contributed by atoms with Gasteiger partial charge in [-0.2, -0.15) is 0 Å². The van der Waals surface area contributed by atoms with Crippen molar-refractivity contribution in [3.05, 3.63) is 66.0 Å². The molecule has 2 bridgehead atoms. The molecule has 5 atom stereocenters. The summed E-state index contributed by atoms with van der Waals surface area (Å²) < 4.78 is 6.63. The summed E-state index contributed by atoms with van der Waals surface area (Å²) in [7, 11) is 1.75. The highest BCUT2D eigenvalue weighted by Crippen LogP contribution is 2.51. The maximum absolute atomic E-state index is 13.1. The molecule has 2 N–H and O–H groups in total. The van der Waals surface area contributed by atoms with Gasteiger partial charge >= 0.3 is 0 Å². The fourth-order valence-corrected chi connectivity index (χ4v) is 5.59. The predicted molar refractivity (Wildman–Crippen MR) is 118 cm³/mol. The Morgan fingerprint density at radius 1 is 1.23 bits per heavy atom. The summed E-state index contributed by atoms with van der Waals surface area (Å²) in [6.45, 7) is 1.99. The van der Waals surface area contributed by atoms with E-state index in [1.165, 1.54) is 5.56 Å². The number of carbonyl (C=O) groups is 1. The molecular weight excluding hydrogens is 392 g/mol. The Labute approximate surface area is 183 Å². The molecule has 2 aromatic rings. The number of aliphatic hydroxyl groups is 2. The third-order valence-corrected chi connectivity index (χ3v) is 7.17. The van der Waals surface area contributed by atoms with Gasteiger partial charge in [0.15, 0.2) is 0 Å². The van der Waals surface area contributed by atoms with Crippen LogP contribution in [0.4, 0.5) is 0 Å². The molecule has 6 nitrogen and oxygen atoms in total. The van der Waals surface area contributed by atoms with Gasteiger partial charge in [0.2, 0.25) is 0 Å². The van der Waals surface area contributed by atoms with Crippen LogP contribution in [0, 0.1) is 0 Å². The molecule has 2 saturated heterocycles. The minimum Gasteiger partial charge on any atom is -0.396 e. The van der Waals surface area contributed by atoms with Crippen LogP contribution in [0.2, 0.25) is 0 Å². The van der Waals surface area contributed by atoms with E-state index in [1.807, 2.05) is 25.1 Å². The topological polar surface area (TPSA) is 82.9 Å². The smallest absolute Gasteiger partial charge is 0.255 e. The zero-order valence-electron chi connectivity index (χ0n) is 18.3. The van der Waals surface area contributed by atoms with E-state index in [4.69, 9.17) is 4.74 Å². The molecule has 2 aliphatic heterocycles. The lowest BCUT2D eigenvalue weighted by atomic mass is 9.73. The first kappa shape index (κ1) is 21.9. The number of nitrogens with zero attached hydrogens (tertiary/aromatic N) is 2. The fourth-order valence-electron chi connectivity index (χ4n) is 5.59. The zero-order chi connectivity index (χ0) is 22.1. The Kier molecular flexibility index (Phi) is 6.15. The highest BCUT2D eigenvalue weighted by molar-refractivity contribution is 5.93. The van der Waals surface area contributed by atoms with Crippen molar-refractivity contribution < 1.29 is 19.7 Å². The Hall–Kier alpha value is -2.28. The highest BCUT2D eigenvalue weighted by atomic mass is 16.5. The van der Waals surface area contributed by atoms with Crippen molar-refractivity contribution in [1.29, 1.82) is 0 Å². The van der Waals surface area contributed by atoms with E-state index < -0.39 is 17.3 Å². The Bertz CT molecular complexity index is 893. The summed E-state index contributed by atoms with van der Waals surface area (Å²) in [4.78, 5) is 18.8. The highest BCUT2D eigenvalue weighted by Gasteiger charge is 2.55. The number of hydrogen-bond donors (Lipinski definition) is 2. The van der Waals surface area contributed by atoms with Gasteiger partial charge in [-0.25, -0.2) is 0 Å². The van der Waals surface area contributed by atoms with Crippen LogP contribution in [-0.2, 0) is 4.74 Å². The van der Waals surface area contributed by atoms with E-state index in [2.05, 4.69) is 17.1 Å². The zero-order valence-corrected chi connectivity index (χ0v) is 18.3. The molecule has 0 spiro atoms. The van der Waals surface area contributed by atoms with Crippen LogP contribution in [0.15, 0.2) is 54.9 Å². The Morgan fingerprint density at radius 3 is 2.68 bits per heavy atom. The van der Waals surface area contributed by atoms with E-state index in [-0.39, 0.29) is 24.5 Å². The van der Waals surface area contributed by atoms with Gasteiger partial charge in [0.25, 0.3) is 5.91 Å². The molecule has 0 saturated carbocycles. The van der Waals surface area contributed by atoms with Gasteiger partial charge < -0.3 is 19.8 Å². The molecule has 6 heteroatoms. The van der Waals surface area contributed by atoms with Crippen LogP contribution in [-0.4, -0.2) is 63.0 Å². The lowest BCUT2D eigenvalue weighted by molar-refractivity contribution is -0.225. The molecule has 0 radical (unpaired) electrons. The third-order valence-electron chi connectivity index (χ3n) is 7.17. The number of likely N-dealkylation sites (N-methyl/N-ethyl adjacent to an activating group) is 1. The molecule has 2 aliphatic rings. The molecule has 1 aromatic carbocycles. The number of amides is 1. The second-order valence-corrected chi connectivity index (χ2v) is 9.30. The predicted octanol–water partition coefficient (Wildman–Crippen LogP) is 3.15. The summed E-state index contributed by atoms with van der Waals surface area (Å²) in [5.74, 6) is 0.0623. The van der Waals surface area contributed by atoms with Gasteiger partial charge in [-0.15, -0.1) is 0 Å². The summed E-state index contributed by atoms with van der Waals surface area (Å²) in [5.41, 5.74) is 0.391. The number of carbonyl (C=O) groups excluding carboxylic acids is 1. The molecule has 0 unspecified atom stereocenters. The minimum absolute atomic E-state index is 0.0306. The third kappa shape index (κ3) is 4.25. The molecule has 3 heterocycles. The minimum atomic E-state index is -0.842. The van der Waals surface area contributed by atoms with Gasteiger partial charge in [0.05, 0.1) is 22.8 Å². The van der Waals surface area contributed by atoms with Crippen molar-refractivity contribution in [3.8, 4) is 0 Å². The maximum atomic E-state index is 13.1. The molecule has 31 heavy (non-hydrogen) atoms. The molecule has 4 rings (SSSR count). The number of hydrogen-bond acceptors (Lipinski definition) is 5. The fraction of sp³-hybridized carbons (Fsp3) is 0.520. The standard InChI is InChI=1S/C25H32N2O4/c1-24-15-20(18-7-4-3-5-8-18)16-25(31-24,12-14-28)11-10-21(22(24)29)27(2)23(30)19-9-6-13-26-17-19/h3-9,13,17,20-22,28-29H,10-12,14-16H2,1-2H3/t20-,21+,22-,24+,25-/m1/s1. The first-order valence-corrected chi connectivity index (χ1v) is 11.1. The first-order valence-electron chi connectivity index (χ1n) is 11.1. The Morgan fingerprint density at radius 2 is 2.00 bits per heavy atom. The molecule has 166 valence electrons. The number of aromatic nitrogens is 1. The van der Waals surface area contributed by atoms with Crippen molar-refractivity contribution in [1.82, 2.24) is 9.88 Å². The van der Waals surface area contributed by atoms with Crippen molar-refractivity contribution in [2.45, 2.75) is 68.3 Å². The van der Waals surface area contributed by atoms with Crippen molar-refractivity contribution in [3.63, 3.8) is 0 Å². The van der Waals surface area contributed by atoms with Crippen LogP contribution in [0.1, 0.15) is 60.9 Å². The van der Waals surface area contributed by atoms with Crippen LogP contribution >= 0.6 is 0 Å². The lowest BCUT2D eigenvalue weighted by Crippen LogP contribution is -2.58. The van der Waals surface area contributed by atoms with Crippen LogP contribution in [0.5, 0.6) is 0 Å². The number of fused-ring (bicyclic) bond motifs is 2. The average Bonchev–Trinajstić information content (AvgIpc) is 2.86. The Balaban J connectivity index is 1.66. The summed E-state index contributed by atoms with van der Waals surface area (Å²) in [6, 6.07) is 13.4. The number of pyridine rings is 1. The first-order chi connectivity index (χ1) is 14.9. The second-order valence-electron chi connectivity index (χ2n) is 9.30. The van der Waals surface area contributed by atoms with Crippen LogP contribution in [0.25, 0.3) is 0 Å². The van der Waals surface area contributed by atoms with E-state index in [1.54, 1.807) is 36.5 Å². The van der Waals surface area contributed by atoms with E-state index in [0.717, 1.165) is 6.42 Å². The normalized spacial score (nSPS) is 32.8. The van der Waals surface area contributed by atoms with Crippen molar-refractivity contribution in [2.75, 3.05) is 13.7 Å². The monoisotopic (exact) mass is 424 g/mol. The average molecular weight is 425 g/mol. The van der Waals surface area contributed by atoms with Crippen LogP contribution in [0.3, 0.4) is 0 Å². The second kappa shape index (κ2) is 8.69. The van der Waals surface area contributed by atoms with E-state index in [0.29, 0.717) is 31.2 Å². The molecule has 1 amide bonds. The van der Waals surface area contributed by atoms with Gasteiger partial charge in [-0.3, -0.25) is 9.78 Å². The van der Waals surface area contributed by atoms with Gasteiger partial charge in [-0.1, -0.05) is 30.3 Å². The van der Waals surface area contributed by atoms with Gasteiger partial charge in [-0.05, 0) is 62.6 Å². The van der Waals surface area contributed by atoms with E-state index >= 15 is 0 Å². The molecule has 1 aromatic heterocycles. The number of rotatable bonds is 5. The summed E-state index contributed by atoms with van der Waals surface area (Å²) in [6.07, 6.45) is 5.62. The van der Waals surface area contributed by atoms with Gasteiger partial charge in [0.1, 0.15) is 6.10 Å². The summed E-state index contributed by atoms with van der Waals surface area (Å²) in [5, 5.41) is 21.4. The quantitative estimate of drug-likeness (QED) is 0.771. The largest absolute Gasteiger partial charge is 0.396 e. The van der Waals surface area contributed by atoms with Crippen molar-refractivity contribution >= 4 is 5.91 Å². The number of aliphatic hydroxyl groups excluding tert-OH is 2. The molecule has 2 fully saturated rings. The molecule has 0 aliphatic carbocycles. The molecular formula is C25H32N2O4. The van der Waals surface area contributed by atoms with Gasteiger partial charge in [0, 0.05) is 26.0 Å². The number of benzene rings is 1. The van der Waals surface area contributed by atoms with E-state index in [9.17, 15) is 15.0 Å². The SMILES string of the molecule is CN(C(=O)c1cccnc1)[C@H]1CC[C@@]2(CCO)C[C@H](c3ccccc3)C[C@](C)(O2)[C@@H]1O. The number of ether oxygens (including phenoxy) is 1.